The van der Waals surface area contributed by atoms with Crippen molar-refractivity contribution < 1.29 is 14.1 Å². The van der Waals surface area contributed by atoms with Gasteiger partial charge in [0.15, 0.2) is 9.92 Å². The van der Waals surface area contributed by atoms with Crippen molar-refractivity contribution >= 4 is 58.1 Å². The van der Waals surface area contributed by atoms with Crippen LogP contribution in [-0.4, -0.2) is 15.3 Å². The van der Waals surface area contributed by atoms with E-state index in [4.69, 9.17) is 16.7 Å². The summed E-state index contributed by atoms with van der Waals surface area (Å²) in [6.07, 6.45) is 5.53. The number of nitrogens with zero attached hydrogens (tertiary/aromatic N) is 1. The molecule has 1 aromatic carbocycles. The smallest absolute Gasteiger partial charge is 0.354 e. The number of anilines is 1. The van der Waals surface area contributed by atoms with E-state index in [1.807, 2.05) is 0 Å². The number of amides is 2. The van der Waals surface area contributed by atoms with Crippen LogP contribution in [0.5, 0.6) is 0 Å². The van der Waals surface area contributed by atoms with Gasteiger partial charge in [0.2, 0.25) is 0 Å². The number of hydrogen-bond acceptors (Lipinski definition) is 4. The molecular weight excluding hydrogens is 462 g/mol. The minimum Gasteiger partial charge on any atom is -0.386 e. The Balaban J connectivity index is 0.00000256. The maximum atomic E-state index is 12.9. The highest BCUT2D eigenvalue weighted by Crippen LogP contribution is 2.44. The normalized spacial score (nSPS) is 17.0. The first-order valence-corrected chi connectivity index (χ1v) is 12.4. The van der Waals surface area contributed by atoms with Gasteiger partial charge in [0.1, 0.15) is 4.21 Å². The Hall–Kier alpha value is -1.10. The molecule has 10 heteroatoms. The van der Waals surface area contributed by atoms with Gasteiger partial charge in [-0.1, -0.05) is 11.6 Å². The lowest BCUT2D eigenvalue weighted by Crippen LogP contribution is -2.18. The molecule has 1 heterocycles. The van der Waals surface area contributed by atoms with Gasteiger partial charge in [0.25, 0.3) is 0 Å². The number of hydrogen-bond donors (Lipinski definition) is 3. The molecule has 30 heavy (non-hydrogen) atoms. The first-order valence-electron chi connectivity index (χ1n) is 9.60. The molecule has 164 valence electrons. The quantitative estimate of drug-likeness (QED) is 0.586. The lowest BCUT2D eigenvalue weighted by molar-refractivity contribution is 0.0789. The van der Waals surface area contributed by atoms with Crippen molar-refractivity contribution in [2.24, 2.45) is 9.50 Å². The number of nitrogens with two attached hydrogens (primary N) is 1. The summed E-state index contributed by atoms with van der Waals surface area (Å²) in [7, 11) is -3.41. The molecule has 0 radical (unpaired) electrons. The third-order valence-electron chi connectivity index (χ3n) is 5.59. The second-order valence-electron chi connectivity index (χ2n) is 8.11. The number of fused-ring (bicyclic) bond motifs is 2. The molecule has 2 amide bonds. The van der Waals surface area contributed by atoms with Crippen LogP contribution < -0.4 is 10.5 Å². The molecule has 0 aliphatic heterocycles. The molecule has 4 N–H and O–H groups in total. The van der Waals surface area contributed by atoms with E-state index >= 15 is 0 Å². The highest BCUT2D eigenvalue weighted by atomic mass is 35.5. The van der Waals surface area contributed by atoms with Gasteiger partial charge in [-0.25, -0.2) is 14.1 Å². The summed E-state index contributed by atoms with van der Waals surface area (Å²) in [5, 5.41) is 21.4. The lowest BCUT2D eigenvalue weighted by atomic mass is 9.98. The van der Waals surface area contributed by atoms with E-state index < -0.39 is 21.5 Å². The molecule has 0 fully saturated rings. The molecule has 1 aromatic heterocycles. The summed E-state index contributed by atoms with van der Waals surface area (Å²) in [6, 6.07) is 0.822. The van der Waals surface area contributed by atoms with Crippen LogP contribution in [0.2, 0.25) is 5.02 Å². The van der Waals surface area contributed by atoms with Gasteiger partial charge in [-0.3, -0.25) is 0 Å². The van der Waals surface area contributed by atoms with Crippen LogP contribution in [0.4, 0.5) is 10.5 Å². The SMILES string of the molecule is CC(C)(O)c1csc(S(N)(=O)=NC(=O)Nc2c3c(c(Cl)c4c2CCC4)CCC3)c1.S. The lowest BCUT2D eigenvalue weighted by Gasteiger charge is -2.17. The van der Waals surface area contributed by atoms with Crippen LogP contribution in [0.15, 0.2) is 20.0 Å². The highest BCUT2D eigenvalue weighted by Gasteiger charge is 2.29. The fraction of sp³-hybridized carbons (Fsp3) is 0.450. The van der Waals surface area contributed by atoms with Crippen molar-refractivity contribution in [3.63, 3.8) is 0 Å². The third kappa shape index (κ3) is 4.28. The summed E-state index contributed by atoms with van der Waals surface area (Å²) in [6.45, 7) is 3.26. The van der Waals surface area contributed by atoms with E-state index in [0.29, 0.717) is 5.56 Å². The molecule has 0 bridgehead atoms. The highest BCUT2D eigenvalue weighted by molar-refractivity contribution is 7.93. The minimum absolute atomic E-state index is 0. The summed E-state index contributed by atoms with van der Waals surface area (Å²) >= 11 is 7.73. The number of nitrogens with one attached hydrogen (secondary N) is 1. The Morgan fingerprint density at radius 2 is 1.73 bits per heavy atom. The second-order valence-corrected chi connectivity index (χ2v) is 11.4. The van der Waals surface area contributed by atoms with Crippen molar-refractivity contribution in [2.75, 3.05) is 5.32 Å². The van der Waals surface area contributed by atoms with Crippen LogP contribution in [-0.2, 0) is 41.2 Å². The Morgan fingerprint density at radius 3 is 2.23 bits per heavy atom. The van der Waals surface area contributed by atoms with Crippen molar-refractivity contribution in [1.82, 2.24) is 0 Å². The predicted octanol–water partition coefficient (Wildman–Crippen LogP) is 4.65. The molecule has 2 aliphatic rings. The molecule has 0 spiro atoms. The molecule has 1 unspecified atom stereocenters. The number of carbonyl (C=O) groups excluding carboxylic acids is 1. The number of benzene rings is 1. The zero-order valence-corrected chi connectivity index (χ0v) is 20.3. The van der Waals surface area contributed by atoms with Crippen molar-refractivity contribution in [1.29, 1.82) is 0 Å². The number of aliphatic hydroxyl groups is 1. The van der Waals surface area contributed by atoms with Gasteiger partial charge in [0, 0.05) is 10.7 Å². The van der Waals surface area contributed by atoms with Crippen LogP contribution in [0.25, 0.3) is 0 Å². The van der Waals surface area contributed by atoms with Gasteiger partial charge in [-0.15, -0.1) is 15.7 Å². The van der Waals surface area contributed by atoms with E-state index in [1.54, 1.807) is 25.3 Å². The third-order valence-corrected chi connectivity index (χ3v) is 8.90. The minimum atomic E-state index is -3.41. The summed E-state index contributed by atoms with van der Waals surface area (Å²) in [4.78, 5) is 12.7. The van der Waals surface area contributed by atoms with Crippen molar-refractivity contribution in [3.8, 4) is 0 Å². The Kier molecular flexibility index (Phi) is 6.63. The maximum Gasteiger partial charge on any atom is 0.354 e. The Bertz CT molecular complexity index is 1090. The topological polar surface area (TPSA) is 105 Å². The van der Waals surface area contributed by atoms with Crippen LogP contribution in [0.3, 0.4) is 0 Å². The number of halogens is 1. The van der Waals surface area contributed by atoms with Gasteiger partial charge in [-0.05, 0) is 91.6 Å². The average Bonchev–Trinajstić information content (AvgIpc) is 3.37. The Labute approximate surface area is 193 Å². The molecule has 0 saturated carbocycles. The van der Waals surface area contributed by atoms with Crippen LogP contribution in [0.1, 0.15) is 54.5 Å². The van der Waals surface area contributed by atoms with Crippen LogP contribution >= 0.6 is 36.4 Å². The monoisotopic (exact) mass is 487 g/mol. The van der Waals surface area contributed by atoms with Gasteiger partial charge in [0.05, 0.1) is 5.60 Å². The van der Waals surface area contributed by atoms with Gasteiger partial charge >= 0.3 is 6.03 Å². The van der Waals surface area contributed by atoms with Crippen molar-refractivity contribution in [3.05, 3.63) is 44.3 Å². The van der Waals surface area contributed by atoms with E-state index in [-0.39, 0.29) is 17.7 Å². The number of rotatable bonds is 3. The van der Waals surface area contributed by atoms with E-state index in [0.717, 1.165) is 82.8 Å². The molecule has 4 rings (SSSR count). The fourth-order valence-electron chi connectivity index (χ4n) is 4.13. The number of urea groups is 1. The molecule has 2 aromatic rings. The molecular formula is C20H26ClN3O3S3. The maximum absolute atomic E-state index is 12.9. The van der Waals surface area contributed by atoms with E-state index in [2.05, 4.69) is 9.68 Å². The molecule has 0 saturated heterocycles. The molecule has 6 nitrogen and oxygen atoms in total. The predicted molar refractivity (Wildman–Crippen MR) is 127 cm³/mol. The standard InChI is InChI=1S/C20H24ClN3O3S2.H2S/c1-20(2,26)11-9-16(28-10-11)29(22,27)24-19(25)23-18-14-7-3-5-12(14)17(21)13-6-4-8-15(13)18;/h9-10,26H,3-8H2,1-2H3,(H3,22,23,24,25,27);1H2. The summed E-state index contributed by atoms with van der Waals surface area (Å²) in [5.74, 6) is 0. The summed E-state index contributed by atoms with van der Waals surface area (Å²) < 4.78 is 17.0. The van der Waals surface area contributed by atoms with Crippen molar-refractivity contribution in [2.45, 2.75) is 62.2 Å². The zero-order chi connectivity index (χ0) is 21.0. The van der Waals surface area contributed by atoms with Gasteiger partial charge in [-0.2, -0.15) is 13.5 Å². The van der Waals surface area contributed by atoms with Crippen LogP contribution in [0, 0.1) is 0 Å². The van der Waals surface area contributed by atoms with Gasteiger partial charge < -0.3 is 10.4 Å². The molecule has 2 aliphatic carbocycles. The number of thiophene rings is 1. The first kappa shape index (κ1) is 23.6. The fourth-order valence-corrected chi connectivity index (χ4v) is 6.82. The zero-order valence-electron chi connectivity index (χ0n) is 16.9. The largest absolute Gasteiger partial charge is 0.386 e. The average molecular weight is 488 g/mol. The Morgan fingerprint density at radius 1 is 1.20 bits per heavy atom. The number of carbonyl (C=O) groups is 1. The summed E-state index contributed by atoms with van der Waals surface area (Å²) in [5.41, 5.74) is 4.65. The second kappa shape index (κ2) is 8.44. The van der Waals surface area contributed by atoms with E-state index in [9.17, 15) is 14.1 Å². The van der Waals surface area contributed by atoms with E-state index in [1.165, 1.54) is 0 Å². The molecule has 1 atom stereocenters. The first-order chi connectivity index (χ1) is 13.6.